The molecular formula is C21H28N4O2. The second-order valence-corrected chi connectivity index (χ2v) is 7.86. The fourth-order valence-corrected chi connectivity index (χ4v) is 4.53. The number of rotatable bonds is 4. The molecule has 0 bridgehead atoms. The van der Waals surface area contributed by atoms with Crippen LogP contribution < -0.4 is 5.32 Å². The number of carbonyl (C=O) groups is 1. The number of hydrogen-bond acceptors (Lipinski definition) is 3. The Bertz CT molecular complexity index is 775. The van der Waals surface area contributed by atoms with Gasteiger partial charge in [-0.05, 0) is 31.9 Å². The number of benzene rings is 1. The number of hydrogen-bond donors (Lipinski definition) is 2. The van der Waals surface area contributed by atoms with Crippen molar-refractivity contribution in [3.05, 3.63) is 53.3 Å². The van der Waals surface area contributed by atoms with E-state index in [2.05, 4.69) is 39.8 Å². The van der Waals surface area contributed by atoms with Crippen molar-refractivity contribution in [1.82, 2.24) is 20.4 Å². The van der Waals surface area contributed by atoms with Gasteiger partial charge in [0.2, 0.25) is 0 Å². The number of carbonyl (C=O) groups excluding carboxylic acids is 1. The maximum absolute atomic E-state index is 13.0. The van der Waals surface area contributed by atoms with E-state index < -0.39 is 0 Å². The van der Waals surface area contributed by atoms with Crippen LogP contribution in [0, 0.1) is 12.8 Å². The molecule has 27 heavy (non-hydrogen) atoms. The van der Waals surface area contributed by atoms with Gasteiger partial charge in [0.05, 0.1) is 12.3 Å². The molecule has 4 rings (SSSR count). The van der Waals surface area contributed by atoms with Crippen molar-refractivity contribution < 1.29 is 9.53 Å². The highest BCUT2D eigenvalue weighted by atomic mass is 16.5. The molecule has 3 heterocycles. The van der Waals surface area contributed by atoms with Crippen molar-refractivity contribution in [3.63, 3.8) is 0 Å². The zero-order valence-electron chi connectivity index (χ0n) is 16.0. The van der Waals surface area contributed by atoms with Crippen LogP contribution in [-0.4, -0.2) is 53.0 Å². The largest absolute Gasteiger partial charge is 0.381 e. The Kier molecular flexibility index (Phi) is 5.16. The fraction of sp³-hybridized carbons (Fsp3) is 0.524. The third-order valence-corrected chi connectivity index (χ3v) is 5.81. The van der Waals surface area contributed by atoms with Crippen molar-refractivity contribution in [2.24, 2.45) is 5.92 Å². The molecule has 1 aromatic carbocycles. The Balaban J connectivity index is 1.44. The summed E-state index contributed by atoms with van der Waals surface area (Å²) in [6, 6.07) is 12.9. The SMILES string of the molecule is Cc1cc(CC(C)NC(=O)N2CC(c3ccccc3)C3COCCC32)n[nH]1. The van der Waals surface area contributed by atoms with E-state index >= 15 is 0 Å². The lowest BCUT2D eigenvalue weighted by Crippen LogP contribution is -2.49. The van der Waals surface area contributed by atoms with Crippen molar-refractivity contribution in [3.8, 4) is 0 Å². The molecule has 6 heteroatoms. The molecule has 2 fully saturated rings. The van der Waals surface area contributed by atoms with Crippen molar-refractivity contribution in [1.29, 1.82) is 0 Å². The van der Waals surface area contributed by atoms with E-state index in [0.29, 0.717) is 11.8 Å². The minimum absolute atomic E-state index is 0.0325. The molecule has 4 atom stereocenters. The zero-order chi connectivity index (χ0) is 18.8. The molecule has 6 nitrogen and oxygen atoms in total. The van der Waals surface area contributed by atoms with Crippen LogP contribution in [-0.2, 0) is 11.2 Å². The van der Waals surface area contributed by atoms with Gasteiger partial charge in [-0.15, -0.1) is 0 Å². The molecule has 2 N–H and O–H groups in total. The Hall–Kier alpha value is -2.34. The molecule has 0 aliphatic carbocycles. The Labute approximate surface area is 160 Å². The maximum Gasteiger partial charge on any atom is 0.317 e. The summed E-state index contributed by atoms with van der Waals surface area (Å²) in [4.78, 5) is 15.1. The first-order valence-electron chi connectivity index (χ1n) is 9.82. The summed E-state index contributed by atoms with van der Waals surface area (Å²) >= 11 is 0. The number of urea groups is 1. The molecule has 4 unspecified atom stereocenters. The van der Waals surface area contributed by atoms with Gasteiger partial charge in [-0.3, -0.25) is 5.10 Å². The molecule has 1 aromatic heterocycles. The summed E-state index contributed by atoms with van der Waals surface area (Å²) in [6.07, 6.45) is 1.64. The standard InChI is InChI=1S/C21H28N4O2/c1-14(10-17-11-15(2)23-24-17)22-21(26)25-12-18(16-6-4-3-5-7-16)19-13-27-9-8-20(19)25/h3-7,11,14,18-20H,8-10,12-13H2,1-2H3,(H,22,26)(H,23,24). The van der Waals surface area contributed by atoms with E-state index in [0.717, 1.165) is 44.0 Å². The molecule has 2 aliphatic heterocycles. The smallest absolute Gasteiger partial charge is 0.317 e. The van der Waals surface area contributed by atoms with Crippen LogP contribution in [0.2, 0.25) is 0 Å². The summed E-state index contributed by atoms with van der Waals surface area (Å²) < 4.78 is 5.76. The lowest BCUT2D eigenvalue weighted by atomic mass is 9.84. The van der Waals surface area contributed by atoms with Crippen LogP contribution in [0.5, 0.6) is 0 Å². The number of aromatic amines is 1. The molecule has 0 radical (unpaired) electrons. The first-order chi connectivity index (χ1) is 13.1. The van der Waals surface area contributed by atoms with Gasteiger partial charge in [0.25, 0.3) is 0 Å². The highest BCUT2D eigenvalue weighted by Gasteiger charge is 2.46. The topological polar surface area (TPSA) is 70.2 Å². The molecule has 144 valence electrons. The van der Waals surface area contributed by atoms with E-state index in [1.165, 1.54) is 5.56 Å². The zero-order valence-corrected chi connectivity index (χ0v) is 16.0. The Morgan fingerprint density at radius 2 is 2.22 bits per heavy atom. The van der Waals surface area contributed by atoms with Gasteiger partial charge in [0.1, 0.15) is 0 Å². The van der Waals surface area contributed by atoms with Gasteiger partial charge in [0.15, 0.2) is 0 Å². The maximum atomic E-state index is 13.0. The van der Waals surface area contributed by atoms with Gasteiger partial charge in [-0.25, -0.2) is 4.79 Å². The van der Waals surface area contributed by atoms with Crippen molar-refractivity contribution in [2.75, 3.05) is 19.8 Å². The van der Waals surface area contributed by atoms with Crippen molar-refractivity contribution >= 4 is 6.03 Å². The van der Waals surface area contributed by atoms with Crippen LogP contribution >= 0.6 is 0 Å². The molecule has 2 amide bonds. The first kappa shape index (κ1) is 18.0. The van der Waals surface area contributed by atoms with Crippen LogP contribution in [0.15, 0.2) is 36.4 Å². The van der Waals surface area contributed by atoms with E-state index in [-0.39, 0.29) is 18.1 Å². The Morgan fingerprint density at radius 3 is 2.96 bits per heavy atom. The first-order valence-corrected chi connectivity index (χ1v) is 9.82. The quantitative estimate of drug-likeness (QED) is 0.872. The van der Waals surface area contributed by atoms with Crippen molar-refractivity contribution in [2.45, 2.75) is 44.7 Å². The summed E-state index contributed by atoms with van der Waals surface area (Å²) in [7, 11) is 0. The van der Waals surface area contributed by atoms with E-state index in [4.69, 9.17) is 4.74 Å². The number of H-pyrrole nitrogens is 1. The molecule has 0 spiro atoms. The van der Waals surface area contributed by atoms with Crippen LogP contribution in [0.4, 0.5) is 4.79 Å². The highest BCUT2D eigenvalue weighted by molar-refractivity contribution is 5.75. The Morgan fingerprint density at radius 1 is 1.41 bits per heavy atom. The van der Waals surface area contributed by atoms with Gasteiger partial charge < -0.3 is 15.0 Å². The molecular weight excluding hydrogens is 340 g/mol. The number of nitrogens with zero attached hydrogens (tertiary/aromatic N) is 2. The number of aryl methyl sites for hydroxylation is 1. The number of nitrogens with one attached hydrogen (secondary N) is 2. The number of amides is 2. The predicted octanol–water partition coefficient (Wildman–Crippen LogP) is 2.86. The van der Waals surface area contributed by atoms with Gasteiger partial charge >= 0.3 is 6.03 Å². The minimum atomic E-state index is 0.0325. The number of ether oxygens (including phenoxy) is 1. The molecule has 0 saturated carbocycles. The summed E-state index contributed by atoms with van der Waals surface area (Å²) in [5.41, 5.74) is 3.32. The molecule has 2 aromatic rings. The summed E-state index contributed by atoms with van der Waals surface area (Å²) in [5, 5.41) is 10.4. The lowest BCUT2D eigenvalue weighted by molar-refractivity contribution is 0.0260. The third-order valence-electron chi connectivity index (χ3n) is 5.81. The number of fused-ring (bicyclic) bond motifs is 1. The lowest BCUT2D eigenvalue weighted by Gasteiger charge is -2.33. The predicted molar refractivity (Wildman–Crippen MR) is 104 cm³/mol. The minimum Gasteiger partial charge on any atom is -0.381 e. The van der Waals surface area contributed by atoms with Crippen LogP contribution in [0.25, 0.3) is 0 Å². The normalized spacial score (nSPS) is 25.9. The molecule has 2 saturated heterocycles. The van der Waals surface area contributed by atoms with Crippen LogP contribution in [0.1, 0.15) is 36.2 Å². The van der Waals surface area contributed by atoms with E-state index in [9.17, 15) is 4.79 Å². The summed E-state index contributed by atoms with van der Waals surface area (Å²) in [5.74, 6) is 0.711. The number of likely N-dealkylation sites (tertiary alicyclic amines) is 1. The summed E-state index contributed by atoms with van der Waals surface area (Å²) in [6.45, 7) is 6.24. The number of aromatic nitrogens is 2. The van der Waals surface area contributed by atoms with Crippen LogP contribution in [0.3, 0.4) is 0 Å². The second kappa shape index (κ2) is 7.72. The van der Waals surface area contributed by atoms with Gasteiger partial charge in [-0.2, -0.15) is 5.10 Å². The monoisotopic (exact) mass is 368 g/mol. The van der Waals surface area contributed by atoms with Gasteiger partial charge in [0, 0.05) is 49.2 Å². The van der Waals surface area contributed by atoms with E-state index in [1.807, 2.05) is 30.9 Å². The highest BCUT2D eigenvalue weighted by Crippen LogP contribution is 2.40. The third kappa shape index (κ3) is 3.86. The van der Waals surface area contributed by atoms with E-state index in [1.54, 1.807) is 0 Å². The average molecular weight is 368 g/mol. The second-order valence-electron chi connectivity index (χ2n) is 7.86. The fourth-order valence-electron chi connectivity index (χ4n) is 4.53. The van der Waals surface area contributed by atoms with Gasteiger partial charge in [-0.1, -0.05) is 30.3 Å². The average Bonchev–Trinajstić information content (AvgIpc) is 3.26. The molecule has 2 aliphatic rings.